The van der Waals surface area contributed by atoms with Gasteiger partial charge in [-0.3, -0.25) is 4.79 Å². The van der Waals surface area contributed by atoms with Crippen molar-refractivity contribution in [2.24, 2.45) is 11.8 Å². The van der Waals surface area contributed by atoms with Gasteiger partial charge in [-0.2, -0.15) is 0 Å². The summed E-state index contributed by atoms with van der Waals surface area (Å²) < 4.78 is 4.87. The van der Waals surface area contributed by atoms with Crippen molar-refractivity contribution >= 4 is 11.9 Å². The van der Waals surface area contributed by atoms with Crippen LogP contribution in [0.5, 0.6) is 0 Å². The molecule has 78 valence electrons. The van der Waals surface area contributed by atoms with Gasteiger partial charge in [0.2, 0.25) is 0 Å². The lowest BCUT2D eigenvalue weighted by Gasteiger charge is -2.27. The van der Waals surface area contributed by atoms with Crippen LogP contribution in [0.25, 0.3) is 0 Å². The molecule has 0 aromatic heterocycles. The van der Waals surface area contributed by atoms with Crippen LogP contribution in [0.1, 0.15) is 19.8 Å². The van der Waals surface area contributed by atoms with E-state index in [1.165, 1.54) is 0 Å². The third kappa shape index (κ3) is 2.34. The first kappa shape index (κ1) is 10.8. The van der Waals surface area contributed by atoms with Crippen molar-refractivity contribution in [3.8, 4) is 0 Å². The Morgan fingerprint density at radius 2 is 2.36 bits per heavy atom. The normalized spacial score (nSPS) is 26.8. The van der Waals surface area contributed by atoms with Crippen molar-refractivity contribution < 1.29 is 19.4 Å². The van der Waals surface area contributed by atoms with Crippen LogP contribution in [0.3, 0.4) is 0 Å². The monoisotopic (exact) mass is 198 g/mol. The van der Waals surface area contributed by atoms with Crippen LogP contribution in [-0.4, -0.2) is 23.7 Å². The summed E-state index contributed by atoms with van der Waals surface area (Å²) in [5.74, 6) is -1.51. The van der Waals surface area contributed by atoms with E-state index in [2.05, 4.69) is 6.58 Å². The van der Waals surface area contributed by atoms with E-state index < -0.39 is 5.97 Å². The van der Waals surface area contributed by atoms with Gasteiger partial charge in [0, 0.05) is 5.57 Å². The molecular weight excluding hydrogens is 184 g/mol. The number of hydrogen-bond acceptors (Lipinski definition) is 3. The molecule has 0 aliphatic carbocycles. The molecule has 2 unspecified atom stereocenters. The predicted octanol–water partition coefficient (Wildman–Crippen LogP) is 1.22. The highest BCUT2D eigenvalue weighted by atomic mass is 16.5. The lowest BCUT2D eigenvalue weighted by molar-refractivity contribution is -0.156. The van der Waals surface area contributed by atoms with Gasteiger partial charge in [-0.1, -0.05) is 13.5 Å². The number of hydrogen-bond donors (Lipinski definition) is 1. The Balaban J connectivity index is 2.61. The average Bonchev–Trinajstić information content (AvgIpc) is 2.11. The fourth-order valence-electron chi connectivity index (χ4n) is 1.52. The zero-order valence-corrected chi connectivity index (χ0v) is 8.16. The van der Waals surface area contributed by atoms with Gasteiger partial charge in [-0.25, -0.2) is 4.79 Å². The van der Waals surface area contributed by atoms with Crippen molar-refractivity contribution in [1.82, 2.24) is 0 Å². The molecule has 0 radical (unpaired) electrons. The summed E-state index contributed by atoms with van der Waals surface area (Å²) in [6.45, 7) is 5.78. The number of cyclic esters (lactones) is 1. The molecule has 1 N–H and O–H groups in total. The smallest absolute Gasteiger partial charge is 0.330 e. The second-order valence-electron chi connectivity index (χ2n) is 3.65. The number of rotatable bonds is 3. The van der Waals surface area contributed by atoms with E-state index in [-0.39, 0.29) is 29.8 Å². The summed E-state index contributed by atoms with van der Waals surface area (Å²) in [6, 6.07) is 0. The summed E-state index contributed by atoms with van der Waals surface area (Å²) in [6.07, 6.45) is 0.985. The quantitative estimate of drug-likeness (QED) is 0.547. The van der Waals surface area contributed by atoms with Crippen LogP contribution in [0.4, 0.5) is 0 Å². The molecule has 1 saturated heterocycles. The topological polar surface area (TPSA) is 63.6 Å². The van der Waals surface area contributed by atoms with Gasteiger partial charge in [0.1, 0.15) is 0 Å². The molecule has 4 nitrogen and oxygen atoms in total. The van der Waals surface area contributed by atoms with Crippen molar-refractivity contribution in [3.63, 3.8) is 0 Å². The second kappa shape index (κ2) is 4.26. The zero-order chi connectivity index (χ0) is 10.7. The van der Waals surface area contributed by atoms with E-state index in [0.29, 0.717) is 6.61 Å². The van der Waals surface area contributed by atoms with E-state index in [9.17, 15) is 9.59 Å². The molecule has 1 fully saturated rings. The Hall–Kier alpha value is -1.32. The molecule has 0 spiro atoms. The van der Waals surface area contributed by atoms with Crippen LogP contribution >= 0.6 is 0 Å². The Morgan fingerprint density at radius 1 is 1.71 bits per heavy atom. The van der Waals surface area contributed by atoms with Crippen molar-refractivity contribution in [1.29, 1.82) is 0 Å². The standard InChI is InChI=1S/C10H14O4/c1-6-3-4-14-10(13)8(6)5-7(2)9(11)12/h6,8H,2-5H2,1H3,(H,11,12). The molecule has 1 rings (SSSR count). The number of carbonyl (C=O) groups is 2. The average molecular weight is 198 g/mol. The molecule has 1 heterocycles. The van der Waals surface area contributed by atoms with E-state index in [1.807, 2.05) is 6.92 Å². The number of aliphatic carboxylic acids is 1. The Morgan fingerprint density at radius 3 is 2.86 bits per heavy atom. The SMILES string of the molecule is C=C(CC1C(=O)OCCC1C)C(=O)O. The Kier molecular flexibility index (Phi) is 3.28. The maximum Gasteiger partial charge on any atom is 0.330 e. The molecule has 0 bridgehead atoms. The van der Waals surface area contributed by atoms with Crippen LogP contribution in [0.15, 0.2) is 12.2 Å². The van der Waals surface area contributed by atoms with Gasteiger partial charge >= 0.3 is 11.9 Å². The highest BCUT2D eigenvalue weighted by molar-refractivity contribution is 5.87. The molecule has 0 amide bonds. The lowest BCUT2D eigenvalue weighted by atomic mass is 9.85. The van der Waals surface area contributed by atoms with Gasteiger partial charge in [0.15, 0.2) is 0 Å². The Labute approximate surface area is 82.6 Å². The summed E-state index contributed by atoms with van der Waals surface area (Å²) in [5.41, 5.74) is 0.0701. The number of carboxylic acids is 1. The number of carboxylic acid groups (broad SMARTS) is 1. The van der Waals surface area contributed by atoms with Crippen LogP contribution in [-0.2, 0) is 14.3 Å². The number of ether oxygens (including phenoxy) is 1. The predicted molar refractivity (Wildman–Crippen MR) is 49.6 cm³/mol. The third-order valence-corrected chi connectivity index (χ3v) is 2.58. The van der Waals surface area contributed by atoms with Crippen LogP contribution < -0.4 is 0 Å². The highest BCUT2D eigenvalue weighted by Crippen LogP contribution is 2.27. The minimum atomic E-state index is -1.05. The molecule has 4 heteroatoms. The number of carbonyl (C=O) groups excluding carboxylic acids is 1. The first-order valence-corrected chi connectivity index (χ1v) is 4.60. The van der Waals surface area contributed by atoms with Gasteiger partial charge < -0.3 is 9.84 Å². The summed E-state index contributed by atoms with van der Waals surface area (Å²) >= 11 is 0. The van der Waals surface area contributed by atoms with Gasteiger partial charge in [-0.15, -0.1) is 0 Å². The third-order valence-electron chi connectivity index (χ3n) is 2.58. The maximum atomic E-state index is 11.3. The van der Waals surface area contributed by atoms with Crippen molar-refractivity contribution in [2.75, 3.05) is 6.61 Å². The molecule has 0 saturated carbocycles. The molecule has 0 aromatic carbocycles. The molecule has 0 aromatic rings. The van der Waals surface area contributed by atoms with Crippen molar-refractivity contribution in [3.05, 3.63) is 12.2 Å². The van der Waals surface area contributed by atoms with Gasteiger partial charge in [0.05, 0.1) is 12.5 Å². The Bertz CT molecular complexity index is 269. The van der Waals surface area contributed by atoms with Gasteiger partial charge in [0.25, 0.3) is 0 Å². The maximum absolute atomic E-state index is 11.3. The fraction of sp³-hybridized carbons (Fsp3) is 0.600. The highest BCUT2D eigenvalue weighted by Gasteiger charge is 2.31. The minimum Gasteiger partial charge on any atom is -0.478 e. The van der Waals surface area contributed by atoms with E-state index in [1.54, 1.807) is 0 Å². The molecule has 1 aliphatic heterocycles. The van der Waals surface area contributed by atoms with Crippen LogP contribution in [0.2, 0.25) is 0 Å². The minimum absolute atomic E-state index is 0.0701. The summed E-state index contributed by atoms with van der Waals surface area (Å²) in [5, 5.41) is 8.63. The summed E-state index contributed by atoms with van der Waals surface area (Å²) in [7, 11) is 0. The molecule has 1 aliphatic rings. The van der Waals surface area contributed by atoms with E-state index in [4.69, 9.17) is 9.84 Å². The van der Waals surface area contributed by atoms with E-state index in [0.717, 1.165) is 6.42 Å². The number of esters is 1. The lowest BCUT2D eigenvalue weighted by Crippen LogP contribution is -2.31. The van der Waals surface area contributed by atoms with Gasteiger partial charge in [-0.05, 0) is 18.8 Å². The molecule has 14 heavy (non-hydrogen) atoms. The van der Waals surface area contributed by atoms with E-state index >= 15 is 0 Å². The first-order valence-electron chi connectivity index (χ1n) is 4.60. The molecule has 2 atom stereocenters. The van der Waals surface area contributed by atoms with Crippen molar-refractivity contribution in [2.45, 2.75) is 19.8 Å². The van der Waals surface area contributed by atoms with Crippen LogP contribution in [0, 0.1) is 11.8 Å². The fourth-order valence-corrected chi connectivity index (χ4v) is 1.52. The first-order chi connectivity index (χ1) is 6.52. The largest absolute Gasteiger partial charge is 0.478 e. The summed E-state index contributed by atoms with van der Waals surface area (Å²) in [4.78, 5) is 21.8. The second-order valence-corrected chi connectivity index (χ2v) is 3.65. The molecular formula is C10H14O4. The zero-order valence-electron chi connectivity index (χ0n) is 8.16.